The summed E-state index contributed by atoms with van der Waals surface area (Å²) in [5.74, 6) is 0.893. The minimum atomic E-state index is -0.277. The van der Waals surface area contributed by atoms with Crippen LogP contribution in [0, 0.1) is 24.1 Å². The maximum Gasteiger partial charge on any atom is 0.226 e. The first-order valence-electron chi connectivity index (χ1n) is 12.2. The molecular weight excluding hydrogens is 399 g/mol. The number of nitrogens with zero attached hydrogens (tertiary/aromatic N) is 1. The molecule has 1 heterocycles. The summed E-state index contributed by atoms with van der Waals surface area (Å²) in [4.78, 5) is 16.0. The number of piperidine rings is 1. The van der Waals surface area contributed by atoms with Crippen LogP contribution < -0.4 is 5.32 Å². The summed E-state index contributed by atoms with van der Waals surface area (Å²) in [7, 11) is 0. The Morgan fingerprint density at radius 2 is 1.78 bits per heavy atom. The molecule has 2 aromatic carbocycles. The third kappa shape index (κ3) is 4.76. The van der Waals surface area contributed by atoms with Gasteiger partial charge in [0.25, 0.3) is 0 Å². The second-order valence-electron chi connectivity index (χ2n) is 10.2. The summed E-state index contributed by atoms with van der Waals surface area (Å²) < 4.78 is 13.3. The van der Waals surface area contributed by atoms with Crippen LogP contribution in [0.15, 0.2) is 48.5 Å². The highest BCUT2D eigenvalue weighted by atomic mass is 19.1. The fourth-order valence-corrected chi connectivity index (χ4v) is 5.85. The number of benzene rings is 2. The summed E-state index contributed by atoms with van der Waals surface area (Å²) in [5.41, 5.74) is 3.39. The van der Waals surface area contributed by atoms with Gasteiger partial charge >= 0.3 is 0 Å². The average molecular weight is 437 g/mol. The highest BCUT2D eigenvalue weighted by Gasteiger charge is 2.48. The fraction of sp³-hybridized carbons (Fsp3) is 0.536. The maximum absolute atomic E-state index is 13.4. The Hall–Kier alpha value is -2.20. The van der Waals surface area contributed by atoms with Crippen molar-refractivity contribution < 1.29 is 9.18 Å². The number of amides is 1. The molecule has 0 bridgehead atoms. The molecule has 2 aliphatic rings. The second kappa shape index (κ2) is 9.74. The maximum atomic E-state index is 13.4. The number of halogens is 1. The van der Waals surface area contributed by atoms with Crippen molar-refractivity contribution in [1.29, 1.82) is 0 Å². The molecule has 1 saturated heterocycles. The van der Waals surface area contributed by atoms with E-state index in [1.165, 1.54) is 16.7 Å². The zero-order valence-electron chi connectivity index (χ0n) is 19.7. The Kier molecular flexibility index (Phi) is 6.99. The lowest BCUT2D eigenvalue weighted by Gasteiger charge is -2.38. The van der Waals surface area contributed by atoms with Crippen molar-refractivity contribution in [1.82, 2.24) is 10.2 Å². The molecule has 4 rings (SSSR count). The number of hydrogen-bond acceptors (Lipinski definition) is 2. The zero-order chi connectivity index (χ0) is 22.7. The molecular formula is C28H37FN2O. The number of likely N-dealkylation sites (tertiary alicyclic amines) is 1. The van der Waals surface area contributed by atoms with E-state index in [1.807, 2.05) is 24.3 Å². The lowest BCUT2D eigenvalue weighted by atomic mass is 9.74. The molecule has 1 amide bonds. The van der Waals surface area contributed by atoms with E-state index >= 15 is 0 Å². The highest BCUT2D eigenvalue weighted by Crippen LogP contribution is 2.47. The Morgan fingerprint density at radius 1 is 1.09 bits per heavy atom. The van der Waals surface area contributed by atoms with Crippen LogP contribution in [-0.4, -0.2) is 29.9 Å². The Bertz CT molecular complexity index is 917. The number of carbonyl (C=O) groups excluding carboxylic acids is 1. The standard InChI is InChI=1S/C28H37FN2O/c1-20(2)28(27(32)30-19-24-7-5-4-6-21(24)3)15-12-26(18-28)31-16-13-23(14-17-31)22-8-10-25(29)11-9-22/h4-11,20,23,26H,12-19H2,1-3H3,(H,30,32). The van der Waals surface area contributed by atoms with Crippen molar-refractivity contribution in [3.63, 3.8) is 0 Å². The van der Waals surface area contributed by atoms with E-state index in [2.05, 4.69) is 43.1 Å². The number of hydrogen-bond donors (Lipinski definition) is 1. The lowest BCUT2D eigenvalue weighted by molar-refractivity contribution is -0.133. The molecule has 4 heteroatoms. The largest absolute Gasteiger partial charge is 0.352 e. The molecule has 3 nitrogen and oxygen atoms in total. The topological polar surface area (TPSA) is 32.3 Å². The number of carbonyl (C=O) groups is 1. The molecule has 0 radical (unpaired) electrons. The normalized spacial score (nSPS) is 24.7. The quantitative estimate of drug-likeness (QED) is 0.618. The van der Waals surface area contributed by atoms with Crippen LogP contribution in [0.25, 0.3) is 0 Å². The molecule has 1 aliphatic heterocycles. The first-order valence-corrected chi connectivity index (χ1v) is 12.2. The molecule has 2 fully saturated rings. The SMILES string of the molecule is Cc1ccccc1CNC(=O)C1(C(C)C)CCC(N2CCC(c3ccc(F)cc3)CC2)C1. The van der Waals surface area contributed by atoms with Crippen molar-refractivity contribution in [3.05, 3.63) is 71.0 Å². The van der Waals surface area contributed by atoms with Gasteiger partial charge in [-0.1, -0.05) is 50.2 Å². The third-order valence-corrected chi connectivity index (χ3v) is 8.17. The van der Waals surface area contributed by atoms with Crippen molar-refractivity contribution in [2.24, 2.45) is 11.3 Å². The van der Waals surface area contributed by atoms with Crippen molar-refractivity contribution >= 4 is 5.91 Å². The molecule has 32 heavy (non-hydrogen) atoms. The lowest BCUT2D eigenvalue weighted by Crippen LogP contribution is -2.45. The summed E-state index contributed by atoms with van der Waals surface area (Å²) in [6.45, 7) is 9.24. The predicted molar refractivity (Wildman–Crippen MR) is 128 cm³/mol. The van der Waals surface area contributed by atoms with Crippen LogP contribution in [0.5, 0.6) is 0 Å². The molecule has 1 N–H and O–H groups in total. The number of nitrogens with one attached hydrogen (secondary N) is 1. The monoisotopic (exact) mass is 436 g/mol. The molecule has 0 aromatic heterocycles. The van der Waals surface area contributed by atoms with Gasteiger partial charge in [-0.25, -0.2) is 4.39 Å². The van der Waals surface area contributed by atoms with Gasteiger partial charge in [0.05, 0.1) is 5.41 Å². The molecule has 2 aromatic rings. The number of aryl methyl sites for hydroxylation is 1. The second-order valence-corrected chi connectivity index (χ2v) is 10.2. The van der Waals surface area contributed by atoms with Crippen molar-refractivity contribution in [3.8, 4) is 0 Å². The van der Waals surface area contributed by atoms with Crippen LogP contribution in [-0.2, 0) is 11.3 Å². The van der Waals surface area contributed by atoms with E-state index in [0.29, 0.717) is 24.4 Å². The van der Waals surface area contributed by atoms with E-state index in [-0.39, 0.29) is 17.1 Å². The fourth-order valence-electron chi connectivity index (χ4n) is 5.85. The number of rotatable bonds is 6. The smallest absolute Gasteiger partial charge is 0.226 e. The average Bonchev–Trinajstić information content (AvgIpc) is 3.26. The first kappa shape index (κ1) is 23.0. The van der Waals surface area contributed by atoms with Crippen LogP contribution in [0.3, 0.4) is 0 Å². The Morgan fingerprint density at radius 3 is 2.44 bits per heavy atom. The molecule has 2 atom stereocenters. The van der Waals surface area contributed by atoms with Gasteiger partial charge < -0.3 is 10.2 Å². The minimum Gasteiger partial charge on any atom is -0.352 e. The molecule has 172 valence electrons. The van der Waals surface area contributed by atoms with E-state index in [1.54, 1.807) is 12.1 Å². The summed E-state index contributed by atoms with van der Waals surface area (Å²) in [6, 6.07) is 15.8. The third-order valence-electron chi connectivity index (χ3n) is 8.17. The molecule has 0 spiro atoms. The molecule has 1 saturated carbocycles. The van der Waals surface area contributed by atoms with Gasteiger partial charge in [0.2, 0.25) is 5.91 Å². The zero-order valence-corrected chi connectivity index (χ0v) is 19.7. The summed E-state index contributed by atoms with van der Waals surface area (Å²) in [6.07, 6.45) is 5.22. The minimum absolute atomic E-state index is 0.164. The Labute approximate surface area is 192 Å². The van der Waals surface area contributed by atoms with Crippen LogP contribution in [0.1, 0.15) is 68.6 Å². The predicted octanol–water partition coefficient (Wildman–Crippen LogP) is 5.82. The highest BCUT2D eigenvalue weighted by molar-refractivity contribution is 5.83. The molecule has 1 aliphatic carbocycles. The Balaban J connectivity index is 1.36. The van der Waals surface area contributed by atoms with Gasteiger partial charge in [-0.05, 0) is 92.8 Å². The summed E-state index contributed by atoms with van der Waals surface area (Å²) in [5, 5.41) is 3.27. The van der Waals surface area contributed by atoms with E-state index < -0.39 is 0 Å². The van der Waals surface area contributed by atoms with Crippen LogP contribution in [0.2, 0.25) is 0 Å². The van der Waals surface area contributed by atoms with Crippen LogP contribution >= 0.6 is 0 Å². The van der Waals surface area contributed by atoms with Gasteiger partial charge in [-0.15, -0.1) is 0 Å². The van der Waals surface area contributed by atoms with Crippen molar-refractivity contribution in [2.75, 3.05) is 13.1 Å². The van der Waals surface area contributed by atoms with Crippen LogP contribution in [0.4, 0.5) is 4.39 Å². The van der Waals surface area contributed by atoms with Gasteiger partial charge in [0.15, 0.2) is 0 Å². The van der Waals surface area contributed by atoms with Gasteiger partial charge in [-0.3, -0.25) is 4.79 Å². The van der Waals surface area contributed by atoms with Gasteiger partial charge in [0.1, 0.15) is 5.82 Å². The molecule has 2 unspecified atom stereocenters. The summed E-state index contributed by atoms with van der Waals surface area (Å²) >= 11 is 0. The van der Waals surface area contributed by atoms with Gasteiger partial charge in [-0.2, -0.15) is 0 Å². The van der Waals surface area contributed by atoms with Gasteiger partial charge in [0, 0.05) is 12.6 Å². The first-order chi connectivity index (χ1) is 15.4. The van der Waals surface area contributed by atoms with E-state index in [9.17, 15) is 9.18 Å². The van der Waals surface area contributed by atoms with E-state index in [0.717, 1.165) is 45.2 Å². The van der Waals surface area contributed by atoms with E-state index in [4.69, 9.17) is 0 Å². The van der Waals surface area contributed by atoms with Crippen molar-refractivity contribution in [2.45, 2.75) is 71.4 Å².